The molecule has 4 heterocycles. The number of hydrogen-bond donors (Lipinski definition) is 1. The molecule has 1 saturated heterocycles. The van der Waals surface area contributed by atoms with Gasteiger partial charge in [0.2, 0.25) is 0 Å². The van der Waals surface area contributed by atoms with Crippen LogP contribution in [0.15, 0.2) is 43.0 Å². The maximum atomic E-state index is 6.27. The lowest BCUT2D eigenvalue weighted by Crippen LogP contribution is -2.46. The van der Waals surface area contributed by atoms with Gasteiger partial charge in [-0.3, -0.25) is 4.98 Å². The summed E-state index contributed by atoms with van der Waals surface area (Å²) in [5, 5.41) is 0. The van der Waals surface area contributed by atoms with Gasteiger partial charge in [-0.05, 0) is 24.7 Å². The molecule has 6 heteroatoms. The first-order chi connectivity index (χ1) is 11.8. The summed E-state index contributed by atoms with van der Waals surface area (Å²) in [5.74, 6) is 0. The normalized spacial score (nSPS) is 16.0. The van der Waals surface area contributed by atoms with E-state index in [4.69, 9.17) is 5.73 Å². The van der Waals surface area contributed by atoms with E-state index >= 15 is 0 Å². The highest BCUT2D eigenvalue weighted by atomic mass is 15.3. The number of aromatic nitrogens is 3. The number of pyridine rings is 2. The fraction of sp³-hybridized carbons (Fsp3) is 0.333. The molecule has 3 aromatic rings. The molecular formula is C18H22N6. The van der Waals surface area contributed by atoms with Crippen LogP contribution in [0.5, 0.6) is 0 Å². The van der Waals surface area contributed by atoms with Crippen LogP contribution in [0.2, 0.25) is 0 Å². The Morgan fingerprint density at radius 3 is 2.58 bits per heavy atom. The molecule has 2 N–H and O–H groups in total. The minimum atomic E-state index is 0.666. The van der Waals surface area contributed by atoms with Gasteiger partial charge in [-0.2, -0.15) is 0 Å². The second-order valence-corrected chi connectivity index (χ2v) is 6.12. The zero-order valence-electron chi connectivity index (χ0n) is 13.9. The average Bonchev–Trinajstić information content (AvgIpc) is 3.12. The highest BCUT2D eigenvalue weighted by Gasteiger charge is 2.16. The lowest BCUT2D eigenvalue weighted by Gasteiger charge is -2.35. The minimum absolute atomic E-state index is 0.666. The van der Waals surface area contributed by atoms with Crippen molar-refractivity contribution in [3.8, 4) is 11.3 Å². The Balaban J connectivity index is 1.58. The quantitative estimate of drug-likeness (QED) is 0.800. The molecule has 0 atom stereocenters. The SMILES string of the molecule is CCN1CCN(c2ccc(-c3ccn4ccnc4c3N)nc2)CC1. The number of nitrogens with two attached hydrogens (primary N) is 1. The average molecular weight is 322 g/mol. The molecule has 24 heavy (non-hydrogen) atoms. The van der Waals surface area contributed by atoms with E-state index in [0.29, 0.717) is 5.69 Å². The molecule has 0 spiro atoms. The molecule has 0 aliphatic carbocycles. The molecule has 1 fully saturated rings. The van der Waals surface area contributed by atoms with Gasteiger partial charge in [-0.1, -0.05) is 6.92 Å². The van der Waals surface area contributed by atoms with Crippen LogP contribution in [0.1, 0.15) is 6.92 Å². The van der Waals surface area contributed by atoms with Gasteiger partial charge >= 0.3 is 0 Å². The predicted octanol–water partition coefficient (Wildman–Crippen LogP) is 2.12. The van der Waals surface area contributed by atoms with E-state index < -0.39 is 0 Å². The second kappa shape index (κ2) is 6.13. The van der Waals surface area contributed by atoms with Crippen molar-refractivity contribution in [2.24, 2.45) is 0 Å². The number of nitrogens with zero attached hydrogens (tertiary/aromatic N) is 5. The number of fused-ring (bicyclic) bond motifs is 1. The summed E-state index contributed by atoms with van der Waals surface area (Å²) in [6.07, 6.45) is 7.56. The van der Waals surface area contributed by atoms with Crippen LogP contribution >= 0.6 is 0 Å². The standard InChI is InChI=1S/C18H22N6/c1-2-22-9-11-23(12-10-22)14-3-4-16(21-13-14)15-5-7-24-8-6-20-18(24)17(15)19/h3-8,13H,2,9-12,19H2,1H3. The molecule has 0 amide bonds. The summed E-state index contributed by atoms with van der Waals surface area (Å²) >= 11 is 0. The number of imidazole rings is 1. The van der Waals surface area contributed by atoms with E-state index in [-0.39, 0.29) is 0 Å². The number of hydrogen-bond acceptors (Lipinski definition) is 5. The number of likely N-dealkylation sites (N-methyl/N-ethyl adjacent to an activating group) is 1. The Labute approximate surface area is 141 Å². The molecule has 0 bridgehead atoms. The van der Waals surface area contributed by atoms with Crippen molar-refractivity contribution in [3.63, 3.8) is 0 Å². The van der Waals surface area contributed by atoms with E-state index in [1.807, 2.05) is 35.1 Å². The fourth-order valence-electron chi connectivity index (χ4n) is 3.29. The van der Waals surface area contributed by atoms with Crippen molar-refractivity contribution in [3.05, 3.63) is 43.0 Å². The third kappa shape index (κ3) is 2.59. The van der Waals surface area contributed by atoms with E-state index in [2.05, 4.69) is 32.8 Å². The number of nitrogen functional groups attached to an aromatic ring is 1. The van der Waals surface area contributed by atoms with Crippen molar-refractivity contribution in [2.75, 3.05) is 43.4 Å². The lowest BCUT2D eigenvalue weighted by molar-refractivity contribution is 0.271. The largest absolute Gasteiger partial charge is 0.395 e. The summed E-state index contributed by atoms with van der Waals surface area (Å²) in [6, 6.07) is 6.18. The number of piperazine rings is 1. The van der Waals surface area contributed by atoms with Gasteiger partial charge in [0.25, 0.3) is 0 Å². The van der Waals surface area contributed by atoms with Gasteiger partial charge in [-0.25, -0.2) is 4.98 Å². The third-order valence-electron chi connectivity index (χ3n) is 4.81. The van der Waals surface area contributed by atoms with Gasteiger partial charge in [0.15, 0.2) is 5.65 Å². The van der Waals surface area contributed by atoms with Crippen molar-refractivity contribution in [2.45, 2.75) is 6.92 Å². The highest BCUT2D eigenvalue weighted by molar-refractivity contribution is 5.83. The summed E-state index contributed by atoms with van der Waals surface area (Å²) in [6.45, 7) is 7.67. The van der Waals surface area contributed by atoms with E-state index in [1.54, 1.807) is 6.20 Å². The summed E-state index contributed by atoms with van der Waals surface area (Å²) in [5.41, 5.74) is 10.7. The Morgan fingerprint density at radius 2 is 1.88 bits per heavy atom. The van der Waals surface area contributed by atoms with Crippen molar-refractivity contribution in [1.82, 2.24) is 19.3 Å². The topological polar surface area (TPSA) is 62.7 Å². The summed E-state index contributed by atoms with van der Waals surface area (Å²) in [7, 11) is 0. The molecular weight excluding hydrogens is 300 g/mol. The van der Waals surface area contributed by atoms with Crippen molar-refractivity contribution in [1.29, 1.82) is 0 Å². The number of rotatable bonds is 3. The van der Waals surface area contributed by atoms with Gasteiger partial charge < -0.3 is 19.9 Å². The maximum absolute atomic E-state index is 6.27. The molecule has 1 aliphatic rings. The van der Waals surface area contributed by atoms with Crippen LogP contribution in [0.25, 0.3) is 16.9 Å². The zero-order valence-corrected chi connectivity index (χ0v) is 13.9. The van der Waals surface area contributed by atoms with Crippen LogP contribution in [0.4, 0.5) is 11.4 Å². The van der Waals surface area contributed by atoms with Crippen LogP contribution in [0, 0.1) is 0 Å². The summed E-state index contributed by atoms with van der Waals surface area (Å²) < 4.78 is 1.92. The molecule has 0 radical (unpaired) electrons. The van der Waals surface area contributed by atoms with Crippen LogP contribution in [0.3, 0.4) is 0 Å². The van der Waals surface area contributed by atoms with E-state index in [0.717, 1.165) is 49.6 Å². The Hall–Kier alpha value is -2.60. The lowest BCUT2D eigenvalue weighted by atomic mass is 10.1. The number of anilines is 2. The molecule has 0 aromatic carbocycles. The van der Waals surface area contributed by atoms with Gasteiger partial charge in [-0.15, -0.1) is 0 Å². The first-order valence-electron chi connectivity index (χ1n) is 8.41. The van der Waals surface area contributed by atoms with Gasteiger partial charge in [0.05, 0.1) is 23.3 Å². The fourth-order valence-corrected chi connectivity index (χ4v) is 3.29. The molecule has 1 aliphatic heterocycles. The molecule has 3 aromatic heterocycles. The zero-order chi connectivity index (χ0) is 16.5. The molecule has 0 saturated carbocycles. The summed E-state index contributed by atoms with van der Waals surface area (Å²) in [4.78, 5) is 13.8. The van der Waals surface area contributed by atoms with Gasteiger partial charge in [0, 0.05) is 50.3 Å². The van der Waals surface area contributed by atoms with Crippen molar-refractivity contribution >= 4 is 17.0 Å². The Morgan fingerprint density at radius 1 is 1.04 bits per heavy atom. The third-order valence-corrected chi connectivity index (χ3v) is 4.81. The second-order valence-electron chi connectivity index (χ2n) is 6.12. The first kappa shape index (κ1) is 15.0. The highest BCUT2D eigenvalue weighted by Crippen LogP contribution is 2.28. The van der Waals surface area contributed by atoms with E-state index in [1.165, 1.54) is 5.69 Å². The first-order valence-corrected chi connectivity index (χ1v) is 8.41. The predicted molar refractivity (Wildman–Crippen MR) is 97.2 cm³/mol. The maximum Gasteiger partial charge on any atom is 0.160 e. The molecule has 6 nitrogen and oxygen atoms in total. The van der Waals surface area contributed by atoms with Crippen LogP contribution in [-0.2, 0) is 0 Å². The molecule has 4 rings (SSSR count). The minimum Gasteiger partial charge on any atom is -0.395 e. The van der Waals surface area contributed by atoms with E-state index in [9.17, 15) is 0 Å². The van der Waals surface area contributed by atoms with Crippen LogP contribution < -0.4 is 10.6 Å². The van der Waals surface area contributed by atoms with Crippen LogP contribution in [-0.4, -0.2) is 52.0 Å². The van der Waals surface area contributed by atoms with Gasteiger partial charge in [0.1, 0.15) is 0 Å². The monoisotopic (exact) mass is 322 g/mol. The van der Waals surface area contributed by atoms with Crippen molar-refractivity contribution < 1.29 is 0 Å². The Bertz CT molecular complexity index is 830. The smallest absolute Gasteiger partial charge is 0.160 e. The molecule has 124 valence electrons. The molecule has 0 unspecified atom stereocenters. The Kier molecular flexibility index (Phi) is 3.82.